The molecule has 1 amide bonds. The maximum Gasteiger partial charge on any atom is 0.224 e. The fourth-order valence-corrected chi connectivity index (χ4v) is 1.71. The lowest BCUT2D eigenvalue weighted by molar-refractivity contribution is -0.134. The summed E-state index contributed by atoms with van der Waals surface area (Å²) in [5.74, 6) is 0.0137. The molecule has 0 aromatic heterocycles. The van der Waals surface area contributed by atoms with E-state index in [-0.39, 0.29) is 12.3 Å². The molecule has 0 saturated heterocycles. The van der Waals surface area contributed by atoms with Gasteiger partial charge in [-0.1, -0.05) is 39.5 Å². The lowest BCUT2D eigenvalue weighted by Gasteiger charge is -2.27. The van der Waals surface area contributed by atoms with Crippen LogP contribution in [0.1, 0.15) is 58.8 Å². The second-order valence-corrected chi connectivity index (χ2v) is 4.85. The molecule has 0 fully saturated rings. The molecule has 0 rings (SSSR count). The van der Waals surface area contributed by atoms with Crippen LogP contribution in [0.25, 0.3) is 0 Å². The van der Waals surface area contributed by atoms with Gasteiger partial charge in [-0.2, -0.15) is 0 Å². The molecule has 0 bridgehead atoms. The molecule has 0 saturated carbocycles. The van der Waals surface area contributed by atoms with Gasteiger partial charge >= 0.3 is 0 Å². The smallest absolute Gasteiger partial charge is 0.224 e. The summed E-state index contributed by atoms with van der Waals surface area (Å²) in [5, 5.41) is 10.3. The van der Waals surface area contributed by atoms with Crippen molar-refractivity contribution in [3.8, 4) is 0 Å². The van der Waals surface area contributed by atoms with Crippen LogP contribution in [0.15, 0.2) is 0 Å². The Morgan fingerprint density at radius 3 is 2.25 bits per heavy atom. The summed E-state index contributed by atoms with van der Waals surface area (Å²) in [6, 6.07) is 0. The molecule has 0 aromatic carbocycles. The monoisotopic (exact) mass is 229 g/mol. The number of unbranched alkanes of at least 4 members (excludes halogenated alkanes) is 3. The van der Waals surface area contributed by atoms with E-state index in [1.807, 2.05) is 6.92 Å². The zero-order valence-electron chi connectivity index (χ0n) is 11.3. The second kappa shape index (κ2) is 7.66. The van der Waals surface area contributed by atoms with Crippen molar-refractivity contribution in [3.63, 3.8) is 0 Å². The van der Waals surface area contributed by atoms with E-state index in [9.17, 15) is 9.90 Å². The van der Waals surface area contributed by atoms with E-state index in [1.54, 1.807) is 19.0 Å². The minimum absolute atomic E-state index is 0.0137. The topological polar surface area (TPSA) is 40.5 Å². The Bertz CT molecular complexity index is 204. The lowest BCUT2D eigenvalue weighted by Crippen LogP contribution is -2.35. The summed E-state index contributed by atoms with van der Waals surface area (Å²) in [6.07, 6.45) is 6.21. The molecular formula is C13H27NO2. The molecule has 16 heavy (non-hydrogen) atoms. The van der Waals surface area contributed by atoms with Gasteiger partial charge in [0.25, 0.3) is 0 Å². The molecule has 0 aliphatic heterocycles. The van der Waals surface area contributed by atoms with Crippen molar-refractivity contribution < 1.29 is 9.90 Å². The van der Waals surface area contributed by atoms with Crippen LogP contribution in [0, 0.1) is 0 Å². The molecule has 3 heteroatoms. The Morgan fingerprint density at radius 2 is 1.81 bits per heavy atom. The van der Waals surface area contributed by atoms with E-state index in [0.717, 1.165) is 19.3 Å². The molecule has 3 nitrogen and oxygen atoms in total. The van der Waals surface area contributed by atoms with Crippen LogP contribution in [-0.2, 0) is 4.79 Å². The molecule has 1 N–H and O–H groups in total. The molecule has 1 atom stereocenters. The van der Waals surface area contributed by atoms with Gasteiger partial charge in [0.05, 0.1) is 12.0 Å². The van der Waals surface area contributed by atoms with Crippen LogP contribution in [0.4, 0.5) is 0 Å². The number of aliphatic hydroxyl groups is 1. The summed E-state index contributed by atoms with van der Waals surface area (Å²) < 4.78 is 0. The Morgan fingerprint density at radius 1 is 1.19 bits per heavy atom. The first-order chi connectivity index (χ1) is 7.45. The maximum atomic E-state index is 11.6. The van der Waals surface area contributed by atoms with E-state index in [2.05, 4.69) is 6.92 Å². The van der Waals surface area contributed by atoms with E-state index in [1.165, 1.54) is 12.8 Å². The number of carbonyl (C=O) groups excluding carboxylic acids is 1. The van der Waals surface area contributed by atoms with Gasteiger partial charge < -0.3 is 10.0 Å². The van der Waals surface area contributed by atoms with Crippen LogP contribution in [-0.4, -0.2) is 35.6 Å². The fourth-order valence-electron chi connectivity index (χ4n) is 1.71. The summed E-state index contributed by atoms with van der Waals surface area (Å²) in [4.78, 5) is 13.1. The van der Waals surface area contributed by atoms with Gasteiger partial charge in [-0.25, -0.2) is 0 Å². The Balaban J connectivity index is 4.04. The summed E-state index contributed by atoms with van der Waals surface area (Å²) in [7, 11) is 3.46. The van der Waals surface area contributed by atoms with Gasteiger partial charge in [0.1, 0.15) is 0 Å². The van der Waals surface area contributed by atoms with Crippen molar-refractivity contribution in [2.45, 2.75) is 64.4 Å². The minimum Gasteiger partial charge on any atom is -0.389 e. The first kappa shape index (κ1) is 15.4. The maximum absolute atomic E-state index is 11.6. The highest BCUT2D eigenvalue weighted by Crippen LogP contribution is 2.23. The third-order valence-electron chi connectivity index (χ3n) is 3.13. The third kappa shape index (κ3) is 6.11. The van der Waals surface area contributed by atoms with Crippen LogP contribution in [0.3, 0.4) is 0 Å². The number of hydrogen-bond acceptors (Lipinski definition) is 2. The van der Waals surface area contributed by atoms with Gasteiger partial charge in [0, 0.05) is 14.1 Å². The second-order valence-electron chi connectivity index (χ2n) is 4.85. The van der Waals surface area contributed by atoms with Crippen molar-refractivity contribution in [1.82, 2.24) is 4.90 Å². The van der Waals surface area contributed by atoms with Crippen molar-refractivity contribution in [1.29, 1.82) is 0 Å². The molecule has 0 heterocycles. The van der Waals surface area contributed by atoms with Crippen LogP contribution >= 0.6 is 0 Å². The van der Waals surface area contributed by atoms with Crippen molar-refractivity contribution in [2.24, 2.45) is 0 Å². The van der Waals surface area contributed by atoms with Gasteiger partial charge in [-0.15, -0.1) is 0 Å². The SMILES string of the molecule is CCCCCCC(O)(CC)CC(=O)N(C)C. The first-order valence-corrected chi connectivity index (χ1v) is 6.37. The summed E-state index contributed by atoms with van der Waals surface area (Å²) in [5.41, 5.74) is -0.797. The number of hydrogen-bond donors (Lipinski definition) is 1. The molecule has 0 aromatic rings. The van der Waals surface area contributed by atoms with Crippen LogP contribution < -0.4 is 0 Å². The third-order valence-corrected chi connectivity index (χ3v) is 3.13. The predicted molar refractivity (Wildman–Crippen MR) is 67.3 cm³/mol. The average Bonchev–Trinajstić information content (AvgIpc) is 2.24. The normalized spacial score (nSPS) is 14.6. The van der Waals surface area contributed by atoms with E-state index in [0.29, 0.717) is 6.42 Å². The largest absolute Gasteiger partial charge is 0.389 e. The highest BCUT2D eigenvalue weighted by atomic mass is 16.3. The van der Waals surface area contributed by atoms with E-state index >= 15 is 0 Å². The number of nitrogens with zero attached hydrogens (tertiary/aromatic N) is 1. The molecule has 1 unspecified atom stereocenters. The van der Waals surface area contributed by atoms with Crippen molar-refractivity contribution >= 4 is 5.91 Å². The van der Waals surface area contributed by atoms with Crippen LogP contribution in [0.2, 0.25) is 0 Å². The first-order valence-electron chi connectivity index (χ1n) is 6.37. The Kier molecular flexibility index (Phi) is 7.39. The quantitative estimate of drug-likeness (QED) is 0.650. The lowest BCUT2D eigenvalue weighted by atomic mass is 9.89. The summed E-state index contributed by atoms with van der Waals surface area (Å²) in [6.45, 7) is 4.12. The molecule has 96 valence electrons. The van der Waals surface area contributed by atoms with Crippen LogP contribution in [0.5, 0.6) is 0 Å². The molecule has 0 aliphatic rings. The average molecular weight is 229 g/mol. The predicted octanol–water partition coefficient (Wildman–Crippen LogP) is 2.58. The van der Waals surface area contributed by atoms with E-state index in [4.69, 9.17) is 0 Å². The number of carbonyl (C=O) groups is 1. The Labute approximate surface area is 99.8 Å². The van der Waals surface area contributed by atoms with Gasteiger partial charge in [0.15, 0.2) is 0 Å². The van der Waals surface area contributed by atoms with Crippen molar-refractivity contribution in [3.05, 3.63) is 0 Å². The molecule has 0 spiro atoms. The summed E-state index contributed by atoms with van der Waals surface area (Å²) >= 11 is 0. The molecule has 0 radical (unpaired) electrons. The number of amides is 1. The standard InChI is InChI=1S/C13H27NO2/c1-5-7-8-9-10-13(16,6-2)11-12(15)14(3)4/h16H,5-11H2,1-4H3. The van der Waals surface area contributed by atoms with E-state index < -0.39 is 5.60 Å². The minimum atomic E-state index is -0.797. The van der Waals surface area contributed by atoms with Gasteiger partial charge in [-0.3, -0.25) is 4.79 Å². The zero-order chi connectivity index (χ0) is 12.6. The highest BCUT2D eigenvalue weighted by molar-refractivity contribution is 5.76. The number of rotatable bonds is 8. The Hall–Kier alpha value is -0.570. The zero-order valence-corrected chi connectivity index (χ0v) is 11.3. The van der Waals surface area contributed by atoms with Crippen molar-refractivity contribution in [2.75, 3.05) is 14.1 Å². The van der Waals surface area contributed by atoms with Gasteiger partial charge in [-0.05, 0) is 12.8 Å². The van der Waals surface area contributed by atoms with Gasteiger partial charge in [0.2, 0.25) is 5.91 Å². The highest BCUT2D eigenvalue weighted by Gasteiger charge is 2.28. The molecule has 0 aliphatic carbocycles. The fraction of sp³-hybridized carbons (Fsp3) is 0.923. The molecular weight excluding hydrogens is 202 g/mol.